The number of nitrogens with zero attached hydrogens (tertiary/aromatic N) is 1. The molecule has 1 aromatic rings. The Labute approximate surface area is 175 Å². The Kier molecular flexibility index (Phi) is 11.9. The predicted octanol–water partition coefficient (Wildman–Crippen LogP) is 3.71. The van der Waals surface area contributed by atoms with Gasteiger partial charge in [-0.15, -0.1) is 24.0 Å². The monoisotopic (exact) mass is 475 g/mol. The van der Waals surface area contributed by atoms with Gasteiger partial charge < -0.3 is 20.1 Å². The zero-order chi connectivity index (χ0) is 17.9. The number of benzene rings is 1. The summed E-state index contributed by atoms with van der Waals surface area (Å²) in [4.78, 5) is 4.27. The number of hydrogen-bond acceptors (Lipinski definition) is 3. The van der Waals surface area contributed by atoms with E-state index < -0.39 is 0 Å². The van der Waals surface area contributed by atoms with Crippen molar-refractivity contribution < 1.29 is 9.47 Å². The van der Waals surface area contributed by atoms with E-state index in [2.05, 4.69) is 53.7 Å². The molecule has 1 aliphatic rings. The fraction of sp³-hybridized carbons (Fsp3) is 0.650. The first kappa shape index (κ1) is 23.2. The van der Waals surface area contributed by atoms with Gasteiger partial charge in [-0.3, -0.25) is 4.99 Å². The Morgan fingerprint density at radius 1 is 1.23 bits per heavy atom. The van der Waals surface area contributed by atoms with E-state index in [0.29, 0.717) is 6.61 Å². The van der Waals surface area contributed by atoms with Crippen molar-refractivity contribution in [2.45, 2.75) is 52.4 Å². The highest BCUT2D eigenvalue weighted by Crippen LogP contribution is 2.28. The van der Waals surface area contributed by atoms with E-state index in [1.54, 1.807) is 7.05 Å². The first-order valence-corrected chi connectivity index (χ1v) is 9.39. The lowest BCUT2D eigenvalue weighted by atomic mass is 10.1. The van der Waals surface area contributed by atoms with Crippen molar-refractivity contribution in [3.05, 3.63) is 35.4 Å². The van der Waals surface area contributed by atoms with E-state index in [0.717, 1.165) is 44.6 Å². The van der Waals surface area contributed by atoms with Gasteiger partial charge in [0.15, 0.2) is 5.96 Å². The molecule has 2 N–H and O–H groups in total. The molecule has 0 atom stereocenters. The van der Waals surface area contributed by atoms with Crippen LogP contribution in [0.5, 0.6) is 0 Å². The summed E-state index contributed by atoms with van der Waals surface area (Å²) in [6.07, 6.45) is 3.94. The molecule has 0 unspecified atom stereocenters. The molecule has 5 nitrogen and oxygen atoms in total. The van der Waals surface area contributed by atoms with Crippen molar-refractivity contribution in [3.63, 3.8) is 0 Å². The molecule has 0 bridgehead atoms. The molecule has 0 radical (unpaired) electrons. The van der Waals surface area contributed by atoms with Gasteiger partial charge in [0.1, 0.15) is 0 Å². The van der Waals surface area contributed by atoms with Crippen LogP contribution in [0.4, 0.5) is 0 Å². The number of nitrogens with one attached hydrogen (secondary N) is 2. The average molecular weight is 475 g/mol. The summed E-state index contributed by atoms with van der Waals surface area (Å²) in [5.41, 5.74) is 2.42. The van der Waals surface area contributed by atoms with Crippen LogP contribution in [0.25, 0.3) is 0 Å². The summed E-state index contributed by atoms with van der Waals surface area (Å²) in [5.74, 6) is 1.66. The Balaban J connectivity index is 0.00000338. The van der Waals surface area contributed by atoms with Crippen LogP contribution in [0, 0.1) is 5.92 Å². The number of ether oxygens (including phenoxy) is 2. The zero-order valence-electron chi connectivity index (χ0n) is 16.3. The van der Waals surface area contributed by atoms with Crippen LogP contribution in [0.15, 0.2) is 29.3 Å². The molecule has 26 heavy (non-hydrogen) atoms. The summed E-state index contributed by atoms with van der Waals surface area (Å²) < 4.78 is 11.3. The molecule has 0 aromatic heterocycles. The molecular formula is C20H34IN3O2. The van der Waals surface area contributed by atoms with Crippen LogP contribution in [0.1, 0.15) is 44.2 Å². The van der Waals surface area contributed by atoms with E-state index in [9.17, 15) is 0 Å². The normalized spacial score (nSPS) is 14.2. The van der Waals surface area contributed by atoms with E-state index >= 15 is 0 Å². The highest BCUT2D eigenvalue weighted by atomic mass is 127. The van der Waals surface area contributed by atoms with Gasteiger partial charge in [-0.25, -0.2) is 0 Å². The van der Waals surface area contributed by atoms with E-state index in [1.165, 1.54) is 24.0 Å². The molecule has 1 saturated carbocycles. The smallest absolute Gasteiger partial charge is 0.191 e. The second-order valence-electron chi connectivity index (χ2n) is 6.90. The van der Waals surface area contributed by atoms with Gasteiger partial charge in [0, 0.05) is 33.4 Å². The lowest BCUT2D eigenvalue weighted by Crippen LogP contribution is -2.37. The molecule has 1 aliphatic carbocycles. The molecule has 1 fully saturated rings. The zero-order valence-corrected chi connectivity index (χ0v) is 18.6. The minimum Gasteiger partial charge on any atom is -0.381 e. The van der Waals surface area contributed by atoms with Crippen molar-refractivity contribution >= 4 is 29.9 Å². The highest BCUT2D eigenvalue weighted by Gasteiger charge is 2.20. The van der Waals surface area contributed by atoms with E-state index in [1.807, 2.05) is 0 Å². The number of halogens is 1. The summed E-state index contributed by atoms with van der Waals surface area (Å²) in [6.45, 7) is 8.12. The van der Waals surface area contributed by atoms with Crippen molar-refractivity contribution in [1.82, 2.24) is 10.6 Å². The van der Waals surface area contributed by atoms with Gasteiger partial charge in [-0.1, -0.05) is 24.3 Å². The van der Waals surface area contributed by atoms with Gasteiger partial charge in [-0.05, 0) is 50.2 Å². The van der Waals surface area contributed by atoms with Gasteiger partial charge in [0.25, 0.3) is 0 Å². The molecule has 0 heterocycles. The van der Waals surface area contributed by atoms with Gasteiger partial charge in [0.2, 0.25) is 0 Å². The van der Waals surface area contributed by atoms with Crippen LogP contribution >= 0.6 is 24.0 Å². The lowest BCUT2D eigenvalue weighted by molar-refractivity contribution is 0.0657. The number of rotatable bonds is 11. The van der Waals surface area contributed by atoms with E-state index in [4.69, 9.17) is 9.47 Å². The molecule has 6 heteroatoms. The molecule has 2 rings (SSSR count). The van der Waals surface area contributed by atoms with Crippen LogP contribution in [-0.4, -0.2) is 38.9 Å². The molecule has 0 saturated heterocycles. The number of aliphatic imine (C=N–C) groups is 1. The summed E-state index contributed by atoms with van der Waals surface area (Å²) in [7, 11) is 1.80. The van der Waals surface area contributed by atoms with Crippen molar-refractivity contribution in [2.24, 2.45) is 10.9 Å². The topological polar surface area (TPSA) is 54.9 Å². The quantitative estimate of drug-likeness (QED) is 0.222. The standard InChI is InChI=1S/C20H33N3O2.HI/c1-16(2)25-15-19-7-4-6-18(12-19)13-23-20(21-3)22-10-5-11-24-14-17-8-9-17;/h4,6-7,12,16-17H,5,8-11,13-15H2,1-3H3,(H2,21,22,23);1H. The summed E-state index contributed by atoms with van der Waals surface area (Å²) >= 11 is 0. The summed E-state index contributed by atoms with van der Waals surface area (Å²) in [6, 6.07) is 8.46. The molecule has 0 spiro atoms. The first-order valence-electron chi connectivity index (χ1n) is 9.39. The van der Waals surface area contributed by atoms with Gasteiger partial charge in [0.05, 0.1) is 12.7 Å². The van der Waals surface area contributed by atoms with Crippen molar-refractivity contribution in [3.8, 4) is 0 Å². The second kappa shape index (κ2) is 13.3. The molecule has 0 aliphatic heterocycles. The van der Waals surface area contributed by atoms with E-state index in [-0.39, 0.29) is 30.1 Å². The SMILES string of the molecule is CN=C(NCCCOCC1CC1)NCc1cccc(COC(C)C)c1.I. The van der Waals surface area contributed by atoms with Crippen molar-refractivity contribution in [2.75, 3.05) is 26.8 Å². The minimum atomic E-state index is 0. The van der Waals surface area contributed by atoms with Crippen LogP contribution in [-0.2, 0) is 22.6 Å². The number of guanidine groups is 1. The third-order valence-corrected chi connectivity index (χ3v) is 4.07. The number of hydrogen-bond donors (Lipinski definition) is 2. The van der Waals surface area contributed by atoms with Crippen LogP contribution in [0.3, 0.4) is 0 Å². The largest absolute Gasteiger partial charge is 0.381 e. The summed E-state index contributed by atoms with van der Waals surface area (Å²) in [5, 5.41) is 6.69. The maximum Gasteiger partial charge on any atom is 0.191 e. The Morgan fingerprint density at radius 2 is 2.00 bits per heavy atom. The van der Waals surface area contributed by atoms with Crippen LogP contribution in [0.2, 0.25) is 0 Å². The van der Waals surface area contributed by atoms with Gasteiger partial charge in [-0.2, -0.15) is 0 Å². The minimum absolute atomic E-state index is 0. The first-order chi connectivity index (χ1) is 12.2. The Morgan fingerprint density at radius 3 is 2.69 bits per heavy atom. The highest BCUT2D eigenvalue weighted by molar-refractivity contribution is 14.0. The fourth-order valence-corrected chi connectivity index (χ4v) is 2.41. The molecule has 148 valence electrons. The molecule has 0 amide bonds. The molecular weight excluding hydrogens is 441 g/mol. The third-order valence-electron chi connectivity index (χ3n) is 4.07. The molecule has 1 aromatic carbocycles. The Bertz CT molecular complexity index is 534. The maximum absolute atomic E-state index is 5.67. The lowest BCUT2D eigenvalue weighted by Gasteiger charge is -2.13. The third kappa shape index (κ3) is 10.3. The van der Waals surface area contributed by atoms with Crippen molar-refractivity contribution in [1.29, 1.82) is 0 Å². The maximum atomic E-state index is 5.67. The Hall–Kier alpha value is -0.860. The fourth-order valence-electron chi connectivity index (χ4n) is 2.41. The van der Waals surface area contributed by atoms with Crippen LogP contribution < -0.4 is 10.6 Å². The average Bonchev–Trinajstić information content (AvgIpc) is 3.43. The predicted molar refractivity (Wildman–Crippen MR) is 118 cm³/mol. The second-order valence-corrected chi connectivity index (χ2v) is 6.90. The van der Waals surface area contributed by atoms with Gasteiger partial charge >= 0.3 is 0 Å².